The van der Waals surface area contributed by atoms with Gasteiger partial charge in [-0.25, -0.2) is 0 Å². The standard InChI is InChI=1S/C9H11NO3/c1-6-4-3-5-8(7(2)11)9(6)10(12)13/h3-5,7,11H,1-2H3/t7-/m0/s1. The lowest BCUT2D eigenvalue weighted by Crippen LogP contribution is -2.00. The van der Waals surface area contributed by atoms with Gasteiger partial charge in [0.1, 0.15) is 0 Å². The highest BCUT2D eigenvalue weighted by Crippen LogP contribution is 2.27. The second kappa shape index (κ2) is 3.53. The molecule has 0 spiro atoms. The molecule has 0 saturated heterocycles. The Morgan fingerprint density at radius 3 is 2.54 bits per heavy atom. The van der Waals surface area contributed by atoms with E-state index in [2.05, 4.69) is 0 Å². The molecule has 0 bridgehead atoms. The van der Waals surface area contributed by atoms with Gasteiger partial charge >= 0.3 is 0 Å². The van der Waals surface area contributed by atoms with E-state index in [4.69, 9.17) is 0 Å². The maximum absolute atomic E-state index is 10.6. The molecule has 0 saturated carbocycles. The van der Waals surface area contributed by atoms with E-state index in [0.29, 0.717) is 11.1 Å². The van der Waals surface area contributed by atoms with Crippen LogP contribution < -0.4 is 0 Å². The molecule has 4 heteroatoms. The van der Waals surface area contributed by atoms with E-state index >= 15 is 0 Å². The van der Waals surface area contributed by atoms with Gasteiger partial charge < -0.3 is 5.11 Å². The number of para-hydroxylation sites is 1. The quantitative estimate of drug-likeness (QED) is 0.560. The molecule has 1 N–H and O–H groups in total. The molecule has 0 aliphatic carbocycles. The van der Waals surface area contributed by atoms with Crippen LogP contribution in [0.5, 0.6) is 0 Å². The van der Waals surface area contributed by atoms with E-state index in [1.54, 1.807) is 25.1 Å². The summed E-state index contributed by atoms with van der Waals surface area (Å²) in [5.74, 6) is 0. The number of hydrogen-bond acceptors (Lipinski definition) is 3. The van der Waals surface area contributed by atoms with Crippen LogP contribution in [0, 0.1) is 17.0 Å². The Morgan fingerprint density at radius 2 is 2.15 bits per heavy atom. The Balaban J connectivity index is 3.34. The van der Waals surface area contributed by atoms with Crippen molar-refractivity contribution in [2.75, 3.05) is 0 Å². The Morgan fingerprint density at radius 1 is 1.54 bits per heavy atom. The van der Waals surface area contributed by atoms with E-state index in [9.17, 15) is 15.2 Å². The van der Waals surface area contributed by atoms with Crippen LogP contribution in [-0.4, -0.2) is 10.0 Å². The number of nitrogens with zero attached hydrogens (tertiary/aromatic N) is 1. The summed E-state index contributed by atoms with van der Waals surface area (Å²) in [6.07, 6.45) is -0.805. The van der Waals surface area contributed by atoms with Gasteiger partial charge in [0.2, 0.25) is 0 Å². The first-order valence-corrected chi connectivity index (χ1v) is 3.96. The molecule has 1 rings (SSSR count). The fraction of sp³-hybridized carbons (Fsp3) is 0.333. The molecular weight excluding hydrogens is 170 g/mol. The molecule has 0 aromatic heterocycles. The first kappa shape index (κ1) is 9.67. The van der Waals surface area contributed by atoms with Crippen LogP contribution in [0.2, 0.25) is 0 Å². The molecule has 1 aromatic carbocycles. The first-order valence-electron chi connectivity index (χ1n) is 3.96. The summed E-state index contributed by atoms with van der Waals surface area (Å²) in [6, 6.07) is 4.92. The summed E-state index contributed by atoms with van der Waals surface area (Å²) in [7, 11) is 0. The molecule has 0 radical (unpaired) electrons. The van der Waals surface area contributed by atoms with Crippen LogP contribution >= 0.6 is 0 Å². The van der Waals surface area contributed by atoms with Crippen LogP contribution in [0.15, 0.2) is 18.2 Å². The van der Waals surface area contributed by atoms with Crippen molar-refractivity contribution in [3.63, 3.8) is 0 Å². The van der Waals surface area contributed by atoms with E-state index < -0.39 is 11.0 Å². The Bertz CT molecular complexity index is 334. The van der Waals surface area contributed by atoms with E-state index in [1.807, 2.05) is 0 Å². The van der Waals surface area contributed by atoms with Crippen LogP contribution in [-0.2, 0) is 0 Å². The highest BCUT2D eigenvalue weighted by atomic mass is 16.6. The Hall–Kier alpha value is -1.42. The zero-order chi connectivity index (χ0) is 10.0. The van der Waals surface area contributed by atoms with Gasteiger partial charge in [-0.2, -0.15) is 0 Å². The van der Waals surface area contributed by atoms with Gasteiger partial charge in [0.25, 0.3) is 5.69 Å². The highest BCUT2D eigenvalue weighted by Gasteiger charge is 2.19. The number of aryl methyl sites for hydroxylation is 1. The number of aliphatic hydroxyl groups is 1. The van der Waals surface area contributed by atoms with Crippen molar-refractivity contribution in [3.8, 4) is 0 Å². The van der Waals surface area contributed by atoms with Gasteiger partial charge in [0.05, 0.1) is 16.6 Å². The smallest absolute Gasteiger partial charge is 0.278 e. The number of hydrogen-bond donors (Lipinski definition) is 1. The maximum atomic E-state index is 10.6. The average molecular weight is 181 g/mol. The average Bonchev–Trinajstić information content (AvgIpc) is 2.02. The fourth-order valence-electron chi connectivity index (χ4n) is 1.27. The lowest BCUT2D eigenvalue weighted by atomic mass is 10.0. The van der Waals surface area contributed by atoms with Crippen molar-refractivity contribution in [3.05, 3.63) is 39.4 Å². The summed E-state index contributed by atoms with van der Waals surface area (Å²) < 4.78 is 0. The Kier molecular flexibility index (Phi) is 2.63. The molecule has 1 atom stereocenters. The van der Waals surface area contributed by atoms with Gasteiger partial charge in [-0.05, 0) is 19.9 Å². The van der Waals surface area contributed by atoms with Crippen molar-refractivity contribution in [1.82, 2.24) is 0 Å². The minimum Gasteiger partial charge on any atom is -0.388 e. The number of nitro benzene ring substituents is 1. The van der Waals surface area contributed by atoms with E-state index in [-0.39, 0.29) is 5.69 Å². The van der Waals surface area contributed by atoms with E-state index in [1.165, 1.54) is 6.92 Å². The lowest BCUT2D eigenvalue weighted by molar-refractivity contribution is -0.386. The van der Waals surface area contributed by atoms with Crippen LogP contribution in [0.3, 0.4) is 0 Å². The summed E-state index contributed by atoms with van der Waals surface area (Å²) >= 11 is 0. The number of aliphatic hydroxyl groups excluding tert-OH is 1. The zero-order valence-corrected chi connectivity index (χ0v) is 7.52. The monoisotopic (exact) mass is 181 g/mol. The topological polar surface area (TPSA) is 63.4 Å². The van der Waals surface area contributed by atoms with Crippen LogP contribution in [0.4, 0.5) is 5.69 Å². The minimum atomic E-state index is -0.805. The molecule has 0 unspecified atom stereocenters. The normalized spacial score (nSPS) is 12.5. The van der Waals surface area contributed by atoms with Crippen molar-refractivity contribution in [2.24, 2.45) is 0 Å². The third kappa shape index (κ3) is 1.84. The minimum absolute atomic E-state index is 0.0116. The van der Waals surface area contributed by atoms with E-state index in [0.717, 1.165) is 0 Å². The predicted molar refractivity (Wildman–Crippen MR) is 48.5 cm³/mol. The number of nitro groups is 1. The largest absolute Gasteiger partial charge is 0.388 e. The van der Waals surface area contributed by atoms with Crippen molar-refractivity contribution >= 4 is 5.69 Å². The summed E-state index contributed by atoms with van der Waals surface area (Å²) in [5.41, 5.74) is 0.950. The molecule has 0 aliphatic rings. The maximum Gasteiger partial charge on any atom is 0.278 e. The number of benzene rings is 1. The Labute approximate surface area is 76.0 Å². The molecule has 4 nitrogen and oxygen atoms in total. The fourth-order valence-corrected chi connectivity index (χ4v) is 1.27. The number of rotatable bonds is 2. The van der Waals surface area contributed by atoms with Crippen LogP contribution in [0.1, 0.15) is 24.2 Å². The molecular formula is C9H11NO3. The molecule has 13 heavy (non-hydrogen) atoms. The van der Waals surface area contributed by atoms with Crippen molar-refractivity contribution in [2.45, 2.75) is 20.0 Å². The predicted octanol–water partition coefficient (Wildman–Crippen LogP) is 1.96. The van der Waals surface area contributed by atoms with Gasteiger partial charge in [0.15, 0.2) is 0 Å². The molecule has 1 aromatic rings. The third-order valence-electron chi connectivity index (χ3n) is 1.90. The molecule has 0 aliphatic heterocycles. The van der Waals surface area contributed by atoms with Gasteiger partial charge in [-0.3, -0.25) is 10.1 Å². The summed E-state index contributed by atoms with van der Waals surface area (Å²) in [4.78, 5) is 10.2. The zero-order valence-electron chi connectivity index (χ0n) is 7.52. The van der Waals surface area contributed by atoms with Gasteiger partial charge in [-0.15, -0.1) is 0 Å². The van der Waals surface area contributed by atoms with Crippen molar-refractivity contribution in [1.29, 1.82) is 0 Å². The molecule has 0 fully saturated rings. The first-order chi connectivity index (χ1) is 6.04. The molecule has 0 amide bonds. The molecule has 0 heterocycles. The molecule has 70 valence electrons. The lowest BCUT2D eigenvalue weighted by Gasteiger charge is -2.06. The van der Waals surface area contributed by atoms with Crippen molar-refractivity contribution < 1.29 is 10.0 Å². The van der Waals surface area contributed by atoms with Crippen LogP contribution in [0.25, 0.3) is 0 Å². The highest BCUT2D eigenvalue weighted by molar-refractivity contribution is 5.47. The van der Waals surface area contributed by atoms with Gasteiger partial charge in [0, 0.05) is 5.56 Å². The second-order valence-electron chi connectivity index (χ2n) is 2.95. The SMILES string of the molecule is Cc1cccc([C@H](C)O)c1[N+](=O)[O-]. The van der Waals surface area contributed by atoms with Gasteiger partial charge in [-0.1, -0.05) is 12.1 Å². The summed E-state index contributed by atoms with van der Waals surface area (Å²) in [5, 5.41) is 19.9. The third-order valence-corrected chi connectivity index (χ3v) is 1.90. The second-order valence-corrected chi connectivity index (χ2v) is 2.95. The summed E-state index contributed by atoms with van der Waals surface area (Å²) in [6.45, 7) is 3.17.